The maximum absolute atomic E-state index is 3.31. The van der Waals surface area contributed by atoms with Crippen molar-refractivity contribution in [3.05, 3.63) is 230 Å². The SMILES string of the molecule is Cc1ccccc1-c1cccc2[cH-]c(-c3ccccc3)cc12.Cc1ccccc1-c1cccc2[cH-]c(-c3ccccc3)cc12.[Hf].[c-]1cccc2c1[Si]c1ccccc1-2. The average Bonchev–Trinajstić information content (AvgIpc) is 4.01. The molecule has 0 amide bonds. The van der Waals surface area contributed by atoms with E-state index < -0.39 is 0 Å². The van der Waals surface area contributed by atoms with Crippen LogP contribution in [0.2, 0.25) is 0 Å². The first-order valence-corrected chi connectivity index (χ1v) is 20.6. The summed E-state index contributed by atoms with van der Waals surface area (Å²) in [5.74, 6) is 0. The fourth-order valence-electron chi connectivity index (χ4n) is 8.01. The second kappa shape index (κ2) is 17.7. The van der Waals surface area contributed by atoms with E-state index in [0.717, 1.165) is 9.52 Å². The Morgan fingerprint density at radius 3 is 1.34 bits per heavy atom. The summed E-state index contributed by atoms with van der Waals surface area (Å²) in [6.45, 7) is 4.35. The van der Waals surface area contributed by atoms with Crippen molar-refractivity contribution in [1.82, 2.24) is 0 Å². The van der Waals surface area contributed by atoms with E-state index in [2.05, 4.69) is 226 Å². The monoisotopic (exact) mass is 921 g/mol. The van der Waals surface area contributed by atoms with Crippen LogP contribution in [0.4, 0.5) is 0 Å². The third-order valence-electron chi connectivity index (χ3n) is 10.9. The van der Waals surface area contributed by atoms with Gasteiger partial charge in [-0.2, -0.15) is 29.5 Å². The van der Waals surface area contributed by atoms with Gasteiger partial charge in [-0.15, -0.1) is 74.6 Å². The van der Waals surface area contributed by atoms with Gasteiger partial charge in [0, 0.05) is 25.8 Å². The number of rotatable bonds is 4. The first-order valence-electron chi connectivity index (χ1n) is 19.6. The normalized spacial score (nSPS) is 11.1. The van der Waals surface area contributed by atoms with Gasteiger partial charge in [0.1, 0.15) is 0 Å². The number of aryl methyl sites for hydroxylation is 2. The molecule has 0 saturated carbocycles. The van der Waals surface area contributed by atoms with Crippen molar-refractivity contribution in [3.8, 4) is 55.6 Å². The van der Waals surface area contributed by atoms with Crippen molar-refractivity contribution in [2.24, 2.45) is 0 Å². The maximum Gasteiger partial charge on any atom is 0.0920 e. The Morgan fingerprint density at radius 2 is 0.828 bits per heavy atom. The molecule has 0 fully saturated rings. The summed E-state index contributed by atoms with van der Waals surface area (Å²) in [4.78, 5) is 0. The van der Waals surface area contributed by atoms with Crippen LogP contribution in [-0.4, -0.2) is 9.52 Å². The Morgan fingerprint density at radius 1 is 0.397 bits per heavy atom. The quantitative estimate of drug-likeness (QED) is 0.122. The van der Waals surface area contributed by atoms with Crippen molar-refractivity contribution in [1.29, 1.82) is 0 Å². The molecule has 0 aromatic heterocycles. The number of benzene rings is 8. The predicted molar refractivity (Wildman–Crippen MR) is 246 cm³/mol. The van der Waals surface area contributed by atoms with Gasteiger partial charge in [-0.3, -0.25) is 0 Å². The van der Waals surface area contributed by atoms with Crippen LogP contribution < -0.4 is 10.4 Å². The van der Waals surface area contributed by atoms with Crippen LogP contribution in [0.5, 0.6) is 0 Å². The second-order valence-electron chi connectivity index (χ2n) is 14.6. The molecule has 2 radical (unpaired) electrons. The Labute approximate surface area is 363 Å². The topological polar surface area (TPSA) is 0 Å². The molecule has 10 aromatic carbocycles. The van der Waals surface area contributed by atoms with Crippen molar-refractivity contribution < 1.29 is 25.8 Å². The van der Waals surface area contributed by atoms with Crippen molar-refractivity contribution in [2.45, 2.75) is 13.8 Å². The maximum atomic E-state index is 3.31. The molecular weight excluding hydrogens is 879 g/mol. The molecule has 11 rings (SSSR count). The molecule has 1 aliphatic heterocycles. The van der Waals surface area contributed by atoms with E-state index in [0.29, 0.717) is 0 Å². The molecule has 0 nitrogen and oxygen atoms in total. The molecule has 1 heterocycles. The third-order valence-corrected chi connectivity index (χ3v) is 12.3. The third kappa shape index (κ3) is 8.09. The molecule has 0 bridgehead atoms. The van der Waals surface area contributed by atoms with E-state index in [4.69, 9.17) is 0 Å². The van der Waals surface area contributed by atoms with E-state index in [-0.39, 0.29) is 25.8 Å². The molecule has 10 aromatic rings. The van der Waals surface area contributed by atoms with Crippen LogP contribution in [-0.2, 0) is 25.8 Å². The summed E-state index contributed by atoms with van der Waals surface area (Å²) in [7, 11) is 0.795. The fourth-order valence-corrected chi connectivity index (χ4v) is 9.32. The van der Waals surface area contributed by atoms with Crippen molar-refractivity contribution in [2.75, 3.05) is 0 Å². The molecule has 0 spiro atoms. The first-order chi connectivity index (χ1) is 28.1. The molecule has 0 N–H and O–H groups in total. The van der Waals surface area contributed by atoms with Crippen LogP contribution in [0, 0.1) is 19.9 Å². The van der Waals surface area contributed by atoms with Crippen molar-refractivity contribution >= 4 is 41.4 Å². The standard InChI is InChI=1S/2C22H17.C12H7Si.Hf/c2*1-16-8-5-6-12-20(16)21-13-7-11-18-14-19(15-22(18)21)17-9-3-2-4-10-17;1-3-7-11-9(5-1)10-6-2-4-8-12(10)13-11;/h2*2-15H,1H3;1-7H;/q3*-1;. The Bertz CT molecular complexity index is 2750. The van der Waals surface area contributed by atoms with Gasteiger partial charge < -0.3 is 0 Å². The van der Waals surface area contributed by atoms with Crippen LogP contribution in [0.3, 0.4) is 0 Å². The molecule has 0 aliphatic carbocycles. The van der Waals surface area contributed by atoms with E-state index in [1.165, 1.54) is 98.7 Å². The molecule has 1 aliphatic rings. The zero-order valence-electron chi connectivity index (χ0n) is 32.7. The van der Waals surface area contributed by atoms with Crippen LogP contribution in [0.25, 0.3) is 77.2 Å². The summed E-state index contributed by atoms with van der Waals surface area (Å²) in [5.41, 5.74) is 15.8. The van der Waals surface area contributed by atoms with Gasteiger partial charge in [0.05, 0.1) is 9.52 Å². The average molecular weight is 921 g/mol. The van der Waals surface area contributed by atoms with E-state index in [9.17, 15) is 0 Å². The van der Waals surface area contributed by atoms with Gasteiger partial charge in [0.15, 0.2) is 0 Å². The zero-order valence-corrected chi connectivity index (χ0v) is 37.3. The van der Waals surface area contributed by atoms with E-state index in [1.807, 2.05) is 6.07 Å². The van der Waals surface area contributed by atoms with Gasteiger partial charge in [0.2, 0.25) is 0 Å². The smallest absolute Gasteiger partial charge is 0.0920 e. The molecule has 58 heavy (non-hydrogen) atoms. The van der Waals surface area contributed by atoms with Gasteiger partial charge in [0.25, 0.3) is 0 Å². The number of fused-ring (bicyclic) bond motifs is 5. The molecular formula is C56H41HfSi-3. The Hall–Kier alpha value is -5.93. The zero-order chi connectivity index (χ0) is 38.6. The molecule has 276 valence electrons. The van der Waals surface area contributed by atoms with Crippen LogP contribution in [0.15, 0.2) is 212 Å². The van der Waals surface area contributed by atoms with Crippen LogP contribution >= 0.6 is 0 Å². The summed E-state index contributed by atoms with van der Waals surface area (Å²) in [6, 6.07) is 78.9. The van der Waals surface area contributed by atoms with Gasteiger partial charge in [-0.05, 0) is 36.1 Å². The van der Waals surface area contributed by atoms with Gasteiger partial charge in [-0.1, -0.05) is 191 Å². The van der Waals surface area contributed by atoms with Crippen LogP contribution in [0.1, 0.15) is 11.1 Å². The van der Waals surface area contributed by atoms with Crippen molar-refractivity contribution in [3.63, 3.8) is 0 Å². The number of hydrogen-bond acceptors (Lipinski definition) is 0. The molecule has 0 atom stereocenters. The minimum absolute atomic E-state index is 0. The second-order valence-corrected chi connectivity index (χ2v) is 15.9. The number of hydrogen-bond donors (Lipinski definition) is 0. The molecule has 0 unspecified atom stereocenters. The minimum Gasteiger partial charge on any atom is -0.184 e. The molecule has 2 heteroatoms. The fraction of sp³-hybridized carbons (Fsp3) is 0.0357. The largest absolute Gasteiger partial charge is 0.184 e. The first kappa shape index (κ1) is 38.9. The summed E-state index contributed by atoms with van der Waals surface area (Å²) >= 11 is 0. The van der Waals surface area contributed by atoms with Gasteiger partial charge in [-0.25, -0.2) is 0 Å². The Balaban J connectivity index is 0.000000124. The summed E-state index contributed by atoms with van der Waals surface area (Å²) < 4.78 is 0. The van der Waals surface area contributed by atoms with E-state index in [1.54, 1.807) is 0 Å². The molecule has 0 saturated heterocycles. The minimum atomic E-state index is 0. The summed E-state index contributed by atoms with van der Waals surface area (Å²) in [6.07, 6.45) is 0. The predicted octanol–water partition coefficient (Wildman–Crippen LogP) is 13.5. The Kier molecular flexibility index (Phi) is 11.9. The van der Waals surface area contributed by atoms with E-state index >= 15 is 0 Å². The van der Waals surface area contributed by atoms with Gasteiger partial charge >= 0.3 is 0 Å². The summed E-state index contributed by atoms with van der Waals surface area (Å²) in [5, 5.41) is 8.09.